The zero-order valence-electron chi connectivity index (χ0n) is 76.3. The number of amides is 1. The molecule has 3 N–H and O–H groups in total. The highest BCUT2D eigenvalue weighted by Gasteiger charge is 2.55. The molecule has 0 spiro atoms. The smallest absolute Gasteiger partial charge is 0.243 e. The number of rotatable bonds is 30. The molecule has 0 bridgehead atoms. The molecule has 20 rings (SSSR count). The number of hydrogen-bond acceptors (Lipinski definition) is 21. The van der Waals surface area contributed by atoms with Gasteiger partial charge in [-0.25, -0.2) is 39.3 Å². The Hall–Kier alpha value is -12.4. The van der Waals surface area contributed by atoms with Crippen LogP contribution in [0.25, 0.3) is 44.9 Å². The molecule has 4 saturated carbocycles. The Labute approximate surface area is 798 Å². The number of aryl methyl sites for hydroxylation is 1. The molecular weight excluding hydrogens is 1790 g/mol. The van der Waals surface area contributed by atoms with Gasteiger partial charge < -0.3 is 38.8 Å². The number of ether oxygens (including phenoxy) is 6. The lowest BCUT2D eigenvalue weighted by molar-refractivity contribution is -0.121. The van der Waals surface area contributed by atoms with Gasteiger partial charge in [0.1, 0.15) is 23.2 Å². The molecule has 706 valence electrons. The van der Waals surface area contributed by atoms with E-state index >= 15 is 0 Å². The summed E-state index contributed by atoms with van der Waals surface area (Å²) in [6.45, 7) is 13.2. The highest BCUT2D eigenvalue weighted by atomic mass is 35.5. The Balaban J connectivity index is 0.000000155. The lowest BCUT2D eigenvalue weighted by Gasteiger charge is -2.22. The first-order valence-corrected chi connectivity index (χ1v) is 50.4. The van der Waals surface area contributed by atoms with Crippen LogP contribution in [0.2, 0.25) is 5.02 Å². The number of aromatic nitrogens is 4. The number of nitrogens with one attached hydrogen (secondary N) is 2. The number of ketones is 3. The molecule has 4 aromatic heterocycles. The second-order valence-corrected chi connectivity index (χ2v) is 42.2. The average molecular weight is 1900 g/mol. The third-order valence-corrected chi connectivity index (χ3v) is 32.5. The first-order valence-electron chi connectivity index (χ1n) is 45.6. The van der Waals surface area contributed by atoms with Gasteiger partial charge in [0.05, 0.1) is 65.7 Å². The lowest BCUT2D eigenvalue weighted by atomic mass is 9.87. The fourth-order valence-corrected chi connectivity index (χ4v) is 22.2. The Morgan fingerprint density at radius 2 is 0.933 bits per heavy atom. The molecule has 1 atom stereocenters. The standard InChI is InChI=1S/C28H30N2O5S.C26H26ClN3O4S.C26H26N2O5S.C26H25NO3.4H2/c1-3-4-16-30(2)36(32,33)23-11-8-20(9-12-23)24-7-5-6-22(29-24)18-27(31)28(14-15-28)21-10-13-25-26(17-21)35-19-34-25;27-20-10-8-19(9-11-20)26(14-15-26)25(32)29-24-5-1-4-23(28-24)18-6-12-22(13-7-18)35(33,34)30-16-2-3-21(30)17-31;1-17(2)28-34(30,31)21-9-6-18(7-10-21)22-5-3-4-20(27-22)15-25(29)26(12-13-26)19-8-11-23-24(14-19)33-16-32-23;1-16-4-6-19(7-5-16)21-14-27-22(18(3)17(21)2)13-25(28)26(10-11-26)20-8-9-23-24(12-20)30-15-29-23;;;;/h5-13,17H,3-4,14-16,18-19H2,1-2H3;1,4-13,21,31H,2-3,14-17H2,(H,28,29,32);3-11,14,17,28H,12-13,15-16H2,1-2H3;4-9,12,14H,10-11,13,15H2,1-3H3;4*1H/t;21-;;;;;;/m.1....../s1. The van der Waals surface area contributed by atoms with Crippen molar-refractivity contribution in [1.82, 2.24) is 33.3 Å². The van der Waals surface area contributed by atoms with Gasteiger partial charge in [0.25, 0.3) is 0 Å². The van der Waals surface area contributed by atoms with E-state index in [9.17, 15) is 49.5 Å². The molecular formula is C106H115ClN8O17S3. The molecule has 0 unspecified atom stereocenters. The SMILES string of the molecule is CC(C)NS(=O)(=O)c1ccc(-c2cccc(CC(=O)C3(c4ccc5c(c4)OCO5)CC3)n2)cc1.CCCCN(C)S(=O)(=O)c1ccc(-c2cccc(CC(=O)C3(c4ccc5c(c4)OCO5)CC3)n2)cc1.Cc1ccc(-c2cnc(CC(=O)C3(c4ccc5c(c4)OCO5)CC3)c(C)c2C)cc1.O=C(Nc1cccc(-c2ccc(S(=O)(=O)N3CCC[C@@H]3CO)cc2)n1)C1(c2ccc(Cl)cc2)CC1.[HH].[HH].[HH].[HH]. The predicted molar refractivity (Wildman–Crippen MR) is 523 cm³/mol. The number of pyridine rings is 4. The minimum absolute atomic E-state index is 0. The molecule has 1 amide bonds. The molecule has 4 aliphatic carbocycles. The summed E-state index contributed by atoms with van der Waals surface area (Å²) in [5.74, 6) is 5.13. The van der Waals surface area contributed by atoms with Crippen LogP contribution < -0.4 is 38.5 Å². The van der Waals surface area contributed by atoms with Crippen molar-refractivity contribution >= 4 is 70.7 Å². The second-order valence-electron chi connectivity index (χ2n) is 36.1. The van der Waals surface area contributed by atoms with Gasteiger partial charge in [0.15, 0.2) is 34.5 Å². The number of hydrogen-bond donors (Lipinski definition) is 3. The van der Waals surface area contributed by atoms with E-state index in [1.165, 1.54) is 19.7 Å². The van der Waals surface area contributed by atoms with Gasteiger partial charge in [0, 0.05) is 102 Å². The molecule has 5 fully saturated rings. The van der Waals surface area contributed by atoms with E-state index < -0.39 is 51.7 Å². The van der Waals surface area contributed by atoms with E-state index in [-0.39, 0.29) is 95.6 Å². The Bertz CT molecular complexity index is 6880. The van der Waals surface area contributed by atoms with Crippen molar-refractivity contribution in [2.75, 3.05) is 52.4 Å². The maximum absolute atomic E-state index is 13.4. The van der Waals surface area contributed by atoms with Crippen LogP contribution >= 0.6 is 11.6 Å². The van der Waals surface area contributed by atoms with E-state index in [1.807, 2.05) is 122 Å². The molecule has 25 nitrogen and oxygen atoms in total. The fraction of sp³-hybridized carbons (Fsp3) is 0.321. The molecule has 8 heterocycles. The summed E-state index contributed by atoms with van der Waals surface area (Å²) in [6.07, 6.45) is 12.4. The Kier molecular flexibility index (Phi) is 27.4. The summed E-state index contributed by atoms with van der Waals surface area (Å²) < 4.78 is 114. The van der Waals surface area contributed by atoms with Crippen molar-refractivity contribution < 1.29 is 83.7 Å². The summed E-state index contributed by atoms with van der Waals surface area (Å²) in [7, 11) is -9.14. The number of aliphatic hydroxyl groups excluding tert-OH is 1. The van der Waals surface area contributed by atoms with Crippen LogP contribution in [-0.4, -0.2) is 141 Å². The first kappa shape index (κ1) is 94.4. The van der Waals surface area contributed by atoms with Gasteiger partial charge in [-0.1, -0.05) is 140 Å². The summed E-state index contributed by atoms with van der Waals surface area (Å²) >= 11 is 5.99. The highest BCUT2D eigenvalue weighted by molar-refractivity contribution is 7.90. The van der Waals surface area contributed by atoms with Crippen molar-refractivity contribution in [3.63, 3.8) is 0 Å². The number of Topliss-reactive ketones (excluding diaryl/α,β-unsaturated/α-hetero) is 3. The number of carbonyl (C=O) groups is 4. The molecule has 29 heteroatoms. The van der Waals surface area contributed by atoms with E-state index in [1.54, 1.807) is 118 Å². The van der Waals surface area contributed by atoms with Gasteiger partial charge in [0.2, 0.25) is 56.4 Å². The third-order valence-electron chi connectivity index (χ3n) is 26.8. The number of sulfonamides is 3. The first-order chi connectivity index (χ1) is 64.9. The van der Waals surface area contributed by atoms with Crippen molar-refractivity contribution in [3.05, 3.63) is 298 Å². The van der Waals surface area contributed by atoms with Crippen LogP contribution in [0.3, 0.4) is 0 Å². The zero-order chi connectivity index (χ0) is 94.8. The number of nitrogens with zero attached hydrogens (tertiary/aromatic N) is 6. The number of fused-ring (bicyclic) bond motifs is 3. The van der Waals surface area contributed by atoms with Gasteiger partial charge in [-0.3, -0.25) is 34.1 Å². The number of benzene rings is 8. The van der Waals surface area contributed by atoms with E-state index in [2.05, 4.69) is 65.0 Å². The van der Waals surface area contributed by atoms with Gasteiger partial charge in [-0.15, -0.1) is 0 Å². The summed E-state index contributed by atoms with van der Waals surface area (Å²) in [5.41, 5.74) is 14.4. The number of halogens is 1. The van der Waals surface area contributed by atoms with Crippen molar-refractivity contribution in [3.8, 4) is 79.4 Å². The molecule has 8 aromatic carbocycles. The normalized spacial score (nSPS) is 16.8. The van der Waals surface area contributed by atoms with Crippen molar-refractivity contribution in [2.45, 2.75) is 186 Å². The quantitative estimate of drug-likeness (QED) is 0.0376. The van der Waals surface area contributed by atoms with Crippen molar-refractivity contribution in [1.29, 1.82) is 0 Å². The zero-order valence-corrected chi connectivity index (χ0v) is 79.5. The lowest BCUT2D eigenvalue weighted by Crippen LogP contribution is -2.37. The molecule has 135 heavy (non-hydrogen) atoms. The fourth-order valence-electron chi connectivity index (χ4n) is 17.9. The number of carbonyl (C=O) groups excluding carboxylic acids is 4. The van der Waals surface area contributed by atoms with Crippen LogP contribution in [-0.2, 0) is 90.2 Å². The largest absolute Gasteiger partial charge is 0.454 e. The van der Waals surface area contributed by atoms with Crippen molar-refractivity contribution in [2.24, 2.45) is 0 Å². The molecule has 12 aromatic rings. The topological polar surface area (TPSA) is 328 Å². The van der Waals surface area contributed by atoms with Gasteiger partial charge in [-0.2, -0.15) is 4.31 Å². The van der Waals surface area contributed by atoms with E-state index in [0.29, 0.717) is 88.2 Å². The monoisotopic (exact) mass is 1900 g/mol. The minimum Gasteiger partial charge on any atom is -0.454 e. The number of anilines is 1. The average Bonchev–Trinajstić information content (AvgIpc) is 1.59. The summed E-state index contributed by atoms with van der Waals surface area (Å²) in [6, 6.07) is 69.1. The molecule has 0 radical (unpaired) electrons. The van der Waals surface area contributed by atoms with Crippen LogP contribution in [0, 0.1) is 20.8 Å². The molecule has 4 aliphatic heterocycles. The number of unbranched alkanes of at least 4 members (excludes halogenated alkanes) is 1. The van der Waals surface area contributed by atoms with E-state index in [4.69, 9.17) is 50.0 Å². The predicted octanol–water partition coefficient (Wildman–Crippen LogP) is 19.2. The Morgan fingerprint density at radius 3 is 1.39 bits per heavy atom. The van der Waals surface area contributed by atoms with Crippen LogP contribution in [0.5, 0.6) is 34.5 Å². The highest BCUT2D eigenvalue weighted by Crippen LogP contribution is 2.55. The minimum atomic E-state index is -3.67. The van der Waals surface area contributed by atoms with Gasteiger partial charge >= 0.3 is 0 Å². The number of aliphatic hydroxyl groups is 1. The summed E-state index contributed by atoms with van der Waals surface area (Å²) in [5, 5.41) is 13.1. The third kappa shape index (κ3) is 20.3. The van der Waals surface area contributed by atoms with Gasteiger partial charge in [-0.05, 0) is 266 Å². The van der Waals surface area contributed by atoms with Crippen LogP contribution in [0.4, 0.5) is 5.82 Å². The molecule has 8 aliphatic rings. The van der Waals surface area contributed by atoms with E-state index in [0.717, 1.165) is 143 Å². The maximum Gasteiger partial charge on any atom is 0.243 e. The summed E-state index contributed by atoms with van der Waals surface area (Å²) in [4.78, 5) is 72.4. The van der Waals surface area contributed by atoms with Crippen LogP contribution in [0.15, 0.2) is 251 Å². The maximum atomic E-state index is 13.4. The second kappa shape index (κ2) is 39.1. The van der Waals surface area contributed by atoms with Crippen LogP contribution in [0.1, 0.15) is 160 Å². The Morgan fingerprint density at radius 1 is 0.504 bits per heavy atom. The molecule has 1 saturated heterocycles.